The highest BCUT2D eigenvalue weighted by Crippen LogP contribution is 2.24. The summed E-state index contributed by atoms with van der Waals surface area (Å²) in [6.07, 6.45) is 3.07. The van der Waals surface area contributed by atoms with E-state index in [1.54, 1.807) is 6.92 Å². The van der Waals surface area contributed by atoms with E-state index in [-0.39, 0.29) is 12.3 Å². The van der Waals surface area contributed by atoms with Crippen molar-refractivity contribution in [3.8, 4) is 0 Å². The number of aromatic nitrogens is 1. The number of rotatable bonds is 9. The number of aromatic amines is 1. The van der Waals surface area contributed by atoms with Gasteiger partial charge in [0.1, 0.15) is 5.54 Å². The second-order valence-electron chi connectivity index (χ2n) is 8.74. The third-order valence-electron chi connectivity index (χ3n) is 6.11. The molecule has 4 aromatic rings. The number of aliphatic carboxylic acids is 1. The number of amides is 1. The molecule has 1 amide bonds. The second-order valence-corrected chi connectivity index (χ2v) is 8.74. The van der Waals surface area contributed by atoms with Crippen molar-refractivity contribution in [1.82, 2.24) is 10.3 Å². The van der Waals surface area contributed by atoms with Gasteiger partial charge in [-0.25, -0.2) is 4.79 Å². The van der Waals surface area contributed by atoms with Gasteiger partial charge < -0.3 is 15.4 Å². The highest BCUT2D eigenvalue weighted by atomic mass is 16.4. The average molecular weight is 441 g/mol. The van der Waals surface area contributed by atoms with Gasteiger partial charge in [-0.3, -0.25) is 4.79 Å². The van der Waals surface area contributed by atoms with Gasteiger partial charge in [-0.15, -0.1) is 0 Å². The zero-order chi connectivity index (χ0) is 23.3. The van der Waals surface area contributed by atoms with Crippen LogP contribution in [0.15, 0.2) is 91.1 Å². The Morgan fingerprint density at radius 1 is 0.879 bits per heavy atom. The number of carbonyl (C=O) groups is 2. The molecule has 33 heavy (non-hydrogen) atoms. The largest absolute Gasteiger partial charge is 0.480 e. The molecule has 0 spiro atoms. The Hall–Kier alpha value is -3.86. The third-order valence-corrected chi connectivity index (χ3v) is 6.11. The number of para-hydroxylation sites is 1. The third kappa shape index (κ3) is 5.32. The molecule has 0 aliphatic carbocycles. The van der Waals surface area contributed by atoms with E-state index in [4.69, 9.17) is 0 Å². The minimum Gasteiger partial charge on any atom is -0.480 e. The van der Waals surface area contributed by atoms with Crippen LogP contribution < -0.4 is 5.32 Å². The van der Waals surface area contributed by atoms with E-state index in [1.165, 1.54) is 0 Å². The molecule has 0 radical (unpaired) electrons. The van der Waals surface area contributed by atoms with Gasteiger partial charge in [0.25, 0.3) is 0 Å². The molecule has 0 bridgehead atoms. The van der Waals surface area contributed by atoms with Gasteiger partial charge in [0.2, 0.25) is 5.91 Å². The van der Waals surface area contributed by atoms with Gasteiger partial charge in [0.05, 0.1) is 0 Å². The van der Waals surface area contributed by atoms with Gasteiger partial charge >= 0.3 is 5.97 Å². The number of hydrogen-bond donors (Lipinski definition) is 3. The van der Waals surface area contributed by atoms with E-state index in [0.29, 0.717) is 12.8 Å². The Bertz CT molecular complexity index is 1190. The van der Waals surface area contributed by atoms with Crippen LogP contribution in [-0.4, -0.2) is 27.5 Å². The summed E-state index contributed by atoms with van der Waals surface area (Å²) in [5.74, 6) is -1.71. The van der Waals surface area contributed by atoms with E-state index in [2.05, 4.69) is 10.3 Å². The fourth-order valence-electron chi connectivity index (χ4n) is 4.26. The molecule has 5 nitrogen and oxygen atoms in total. The van der Waals surface area contributed by atoms with Crippen molar-refractivity contribution in [2.75, 3.05) is 0 Å². The van der Waals surface area contributed by atoms with Crippen LogP contribution in [0.25, 0.3) is 10.9 Å². The fraction of sp³-hybridized carbons (Fsp3) is 0.214. The molecule has 1 heterocycles. The first kappa shape index (κ1) is 22.3. The van der Waals surface area contributed by atoms with E-state index in [9.17, 15) is 14.7 Å². The van der Waals surface area contributed by atoms with Gasteiger partial charge in [-0.05, 0) is 42.5 Å². The van der Waals surface area contributed by atoms with Gasteiger partial charge in [-0.2, -0.15) is 0 Å². The zero-order valence-electron chi connectivity index (χ0n) is 18.6. The first-order valence-electron chi connectivity index (χ1n) is 11.1. The van der Waals surface area contributed by atoms with E-state index >= 15 is 0 Å². The van der Waals surface area contributed by atoms with Gasteiger partial charge in [0.15, 0.2) is 0 Å². The molecule has 5 heteroatoms. The summed E-state index contributed by atoms with van der Waals surface area (Å²) >= 11 is 0. The lowest BCUT2D eigenvalue weighted by molar-refractivity contribution is -0.147. The Morgan fingerprint density at radius 2 is 1.42 bits per heavy atom. The number of nitrogens with one attached hydrogen (secondary N) is 2. The minimum atomic E-state index is -1.44. The Balaban J connectivity index is 1.58. The molecule has 1 aromatic heterocycles. The summed E-state index contributed by atoms with van der Waals surface area (Å²) in [5, 5.41) is 13.9. The molecule has 0 fully saturated rings. The molecule has 0 aliphatic rings. The Labute approximate surface area is 193 Å². The van der Waals surface area contributed by atoms with Crippen LogP contribution in [0.1, 0.15) is 23.6 Å². The molecule has 0 saturated heterocycles. The summed E-state index contributed by atoms with van der Waals surface area (Å²) in [6, 6.07) is 27.4. The van der Waals surface area contributed by atoms with Crippen LogP contribution in [0.2, 0.25) is 0 Å². The molecule has 3 aromatic carbocycles. The van der Waals surface area contributed by atoms with Crippen LogP contribution in [0.4, 0.5) is 0 Å². The van der Waals surface area contributed by atoms with E-state index < -0.39 is 17.4 Å². The molecule has 0 saturated carbocycles. The standard InChI is InChI=1S/C28H28N2O3/c1-28(27(32)33,18-23-19-29-25-15-9-8-14-24(23)25)30-26(31)22(16-20-10-4-2-5-11-20)17-21-12-6-3-7-13-21/h2-15,19,22,29H,16-18H2,1H3,(H,30,31)(H,32,33)/t28-/m1/s1. The summed E-state index contributed by atoms with van der Waals surface area (Å²) in [6.45, 7) is 1.58. The van der Waals surface area contributed by atoms with Crippen molar-refractivity contribution in [2.45, 2.75) is 31.7 Å². The van der Waals surface area contributed by atoms with E-state index in [1.807, 2.05) is 91.1 Å². The lowest BCUT2D eigenvalue weighted by Gasteiger charge is -2.29. The zero-order valence-corrected chi connectivity index (χ0v) is 18.6. The van der Waals surface area contributed by atoms with Gasteiger partial charge in [0, 0.05) is 29.4 Å². The monoisotopic (exact) mass is 440 g/mol. The van der Waals surface area contributed by atoms with Crippen molar-refractivity contribution in [2.24, 2.45) is 5.92 Å². The summed E-state index contributed by atoms with van der Waals surface area (Å²) < 4.78 is 0. The quantitative estimate of drug-likeness (QED) is 0.351. The van der Waals surface area contributed by atoms with Crippen molar-refractivity contribution in [1.29, 1.82) is 0 Å². The molecule has 0 aliphatic heterocycles. The molecule has 4 rings (SSSR count). The van der Waals surface area contributed by atoms with Crippen molar-refractivity contribution < 1.29 is 14.7 Å². The average Bonchev–Trinajstić information content (AvgIpc) is 3.22. The highest BCUT2D eigenvalue weighted by molar-refractivity contribution is 5.90. The fourth-order valence-corrected chi connectivity index (χ4v) is 4.26. The van der Waals surface area contributed by atoms with Crippen LogP contribution in [0.5, 0.6) is 0 Å². The predicted octanol–water partition coefficient (Wildman–Crippen LogP) is 4.77. The second kappa shape index (κ2) is 9.74. The molecule has 168 valence electrons. The van der Waals surface area contributed by atoms with Crippen LogP contribution in [-0.2, 0) is 28.9 Å². The molecule has 0 unspecified atom stereocenters. The smallest absolute Gasteiger partial charge is 0.329 e. The number of carboxylic acids is 1. The Morgan fingerprint density at radius 3 is 2.00 bits per heavy atom. The maximum absolute atomic E-state index is 13.5. The maximum atomic E-state index is 13.5. The van der Waals surface area contributed by atoms with Crippen LogP contribution in [0.3, 0.4) is 0 Å². The van der Waals surface area contributed by atoms with E-state index in [0.717, 1.165) is 27.6 Å². The van der Waals surface area contributed by atoms with Gasteiger partial charge in [-0.1, -0.05) is 78.9 Å². The predicted molar refractivity (Wildman–Crippen MR) is 130 cm³/mol. The van der Waals surface area contributed by atoms with Crippen molar-refractivity contribution in [3.05, 3.63) is 108 Å². The summed E-state index contributed by atoms with van der Waals surface area (Å²) in [5.41, 5.74) is 2.45. The number of benzene rings is 3. The minimum absolute atomic E-state index is 0.182. The van der Waals surface area contributed by atoms with Crippen molar-refractivity contribution >= 4 is 22.8 Å². The SMILES string of the molecule is C[C@](Cc1c[nH]c2ccccc12)(NC(=O)C(Cc1ccccc1)Cc1ccccc1)C(=O)O. The summed E-state index contributed by atoms with van der Waals surface area (Å²) in [7, 11) is 0. The molecular weight excluding hydrogens is 412 g/mol. The number of hydrogen-bond acceptors (Lipinski definition) is 2. The lowest BCUT2D eigenvalue weighted by atomic mass is 9.88. The topological polar surface area (TPSA) is 82.2 Å². The molecule has 1 atom stereocenters. The molecular formula is C28H28N2O3. The number of fused-ring (bicyclic) bond motifs is 1. The number of carbonyl (C=O) groups excluding carboxylic acids is 1. The normalized spacial score (nSPS) is 13.0. The van der Waals surface area contributed by atoms with Crippen molar-refractivity contribution in [3.63, 3.8) is 0 Å². The number of H-pyrrole nitrogens is 1. The number of carboxylic acid groups (broad SMARTS) is 1. The Kier molecular flexibility index (Phi) is 6.59. The highest BCUT2D eigenvalue weighted by Gasteiger charge is 2.37. The van der Waals surface area contributed by atoms with Crippen LogP contribution >= 0.6 is 0 Å². The first-order chi connectivity index (χ1) is 15.9. The maximum Gasteiger partial charge on any atom is 0.329 e. The van der Waals surface area contributed by atoms with Crippen LogP contribution in [0, 0.1) is 5.92 Å². The lowest BCUT2D eigenvalue weighted by Crippen LogP contribution is -2.55. The first-order valence-corrected chi connectivity index (χ1v) is 11.1. The summed E-state index contributed by atoms with van der Waals surface area (Å²) in [4.78, 5) is 29.0. The molecule has 3 N–H and O–H groups in total.